The molecule has 2 aliphatic rings. The number of nitrogens with one attached hydrogen (secondary N) is 2. The molecule has 0 radical (unpaired) electrons. The number of pyridine rings is 1. The normalized spacial score (nSPS) is 23.0. The van der Waals surface area contributed by atoms with E-state index in [0.717, 1.165) is 11.1 Å². The first-order valence-corrected chi connectivity index (χ1v) is 11.9. The summed E-state index contributed by atoms with van der Waals surface area (Å²) >= 11 is 0. The zero-order chi connectivity index (χ0) is 23.8. The highest BCUT2D eigenvalue weighted by molar-refractivity contribution is 7.39. The molecule has 1 aliphatic heterocycles. The number of hydrogen-bond donors (Lipinski definition) is 2. The minimum Gasteiger partial charge on any atom is -0.368 e. The summed E-state index contributed by atoms with van der Waals surface area (Å²) in [5.41, 5.74) is 1.84. The van der Waals surface area contributed by atoms with E-state index in [2.05, 4.69) is 40.2 Å². The van der Waals surface area contributed by atoms with E-state index in [1.807, 2.05) is 17.0 Å². The van der Waals surface area contributed by atoms with Crippen molar-refractivity contribution >= 4 is 41.1 Å². The standard InChI is InChI=1S/C22H26F3N5OP2/c23-21(24)7-13(8-21)10-28-20(31)29-16-6-15(22(25,32)33)11-30(12-16)18-4-3-14(9-26)19-17(18)2-1-5-27-19/h1-5,13,15-16H,6-8,10-12,32-33H2,(H2,28,29,31)/t15-,16+/m0/s1. The van der Waals surface area contributed by atoms with Gasteiger partial charge in [0, 0.05) is 61.7 Å². The van der Waals surface area contributed by atoms with Crippen LogP contribution in [-0.2, 0) is 0 Å². The average Bonchev–Trinajstić information content (AvgIpc) is 2.74. The minimum atomic E-state index is -2.62. The van der Waals surface area contributed by atoms with Gasteiger partial charge in [0.15, 0.2) is 0 Å². The Kier molecular flexibility index (Phi) is 6.71. The summed E-state index contributed by atoms with van der Waals surface area (Å²) in [5.74, 6) is -3.27. The molecule has 11 heteroatoms. The number of hydrogen-bond acceptors (Lipinski definition) is 4. The third-order valence-corrected chi connectivity index (χ3v) is 7.29. The number of nitriles is 1. The number of anilines is 1. The summed E-state index contributed by atoms with van der Waals surface area (Å²) in [5, 5.41) is 14.1. The first-order valence-electron chi connectivity index (χ1n) is 10.8. The number of alkyl halides is 3. The highest BCUT2D eigenvalue weighted by Gasteiger charge is 2.45. The molecule has 2 N–H and O–H groups in total. The number of amides is 2. The van der Waals surface area contributed by atoms with Crippen LogP contribution in [0, 0.1) is 23.2 Å². The lowest BCUT2D eigenvalue weighted by atomic mass is 9.81. The Morgan fingerprint density at radius 2 is 2.06 bits per heavy atom. The van der Waals surface area contributed by atoms with Crippen LogP contribution >= 0.6 is 18.5 Å². The van der Waals surface area contributed by atoms with Gasteiger partial charge in [0.25, 0.3) is 0 Å². The lowest BCUT2D eigenvalue weighted by Crippen LogP contribution is -2.55. The SMILES string of the molecule is N#Cc1ccc(N2C[C@H](NC(=O)NCC3CC(F)(F)C3)C[C@H](C(F)(P)P)C2)c2cccnc12. The molecule has 1 saturated carbocycles. The molecular weight excluding hydrogens is 469 g/mol. The number of nitrogens with zero attached hydrogens (tertiary/aromatic N) is 3. The van der Waals surface area contributed by atoms with Crippen molar-refractivity contribution in [1.29, 1.82) is 5.26 Å². The molecule has 176 valence electrons. The molecule has 1 aliphatic carbocycles. The van der Waals surface area contributed by atoms with Crippen LogP contribution in [0.25, 0.3) is 10.9 Å². The van der Waals surface area contributed by atoms with Gasteiger partial charge in [-0.2, -0.15) is 5.26 Å². The lowest BCUT2D eigenvalue weighted by molar-refractivity contribution is -0.108. The monoisotopic (exact) mass is 495 g/mol. The molecule has 2 fully saturated rings. The molecular formula is C22H26F3N5OP2. The van der Waals surface area contributed by atoms with Crippen molar-refractivity contribution < 1.29 is 18.0 Å². The Morgan fingerprint density at radius 1 is 1.30 bits per heavy atom. The fraction of sp³-hybridized carbons (Fsp3) is 0.500. The van der Waals surface area contributed by atoms with Crippen molar-refractivity contribution in [3.63, 3.8) is 0 Å². The minimum absolute atomic E-state index is 0.188. The molecule has 0 spiro atoms. The maximum absolute atomic E-state index is 14.9. The fourth-order valence-electron chi connectivity index (χ4n) is 4.65. The zero-order valence-corrected chi connectivity index (χ0v) is 20.2. The molecule has 6 nitrogen and oxygen atoms in total. The summed E-state index contributed by atoms with van der Waals surface area (Å²) in [4.78, 5) is 18.8. The quantitative estimate of drug-likeness (QED) is 0.615. The number of carbonyl (C=O) groups is 1. The van der Waals surface area contributed by atoms with E-state index in [0.29, 0.717) is 30.6 Å². The van der Waals surface area contributed by atoms with E-state index < -0.39 is 23.0 Å². The second kappa shape index (κ2) is 9.24. The van der Waals surface area contributed by atoms with Gasteiger partial charge in [-0.05, 0) is 36.6 Å². The first-order chi connectivity index (χ1) is 15.6. The number of benzene rings is 1. The van der Waals surface area contributed by atoms with Crippen LogP contribution in [0.15, 0.2) is 30.5 Å². The Bertz CT molecular complexity index is 1080. The first kappa shape index (κ1) is 24.0. The highest BCUT2D eigenvalue weighted by atomic mass is 31.1. The van der Waals surface area contributed by atoms with Gasteiger partial charge >= 0.3 is 6.03 Å². The molecule has 2 heterocycles. The number of rotatable bonds is 5. The van der Waals surface area contributed by atoms with E-state index in [1.54, 1.807) is 18.3 Å². The Hall–Kier alpha value is -2.16. The van der Waals surface area contributed by atoms with Gasteiger partial charge in [-0.3, -0.25) is 4.98 Å². The molecule has 2 unspecified atom stereocenters. The summed E-state index contributed by atoms with van der Waals surface area (Å²) in [6.07, 6.45) is 1.62. The van der Waals surface area contributed by atoms with Crippen molar-refractivity contribution in [2.24, 2.45) is 11.8 Å². The molecule has 4 rings (SSSR count). The summed E-state index contributed by atoms with van der Waals surface area (Å²) in [7, 11) is 4.42. The zero-order valence-electron chi connectivity index (χ0n) is 17.9. The number of piperidine rings is 1. The van der Waals surface area contributed by atoms with Crippen molar-refractivity contribution in [3.8, 4) is 6.07 Å². The number of aromatic nitrogens is 1. The lowest BCUT2D eigenvalue weighted by Gasteiger charge is -2.43. The van der Waals surface area contributed by atoms with Gasteiger partial charge in [0.2, 0.25) is 5.92 Å². The molecule has 33 heavy (non-hydrogen) atoms. The summed E-state index contributed by atoms with van der Waals surface area (Å²) in [6, 6.07) is 8.52. The maximum Gasteiger partial charge on any atom is 0.315 e. The second-order valence-corrected chi connectivity index (χ2v) is 11.4. The predicted molar refractivity (Wildman–Crippen MR) is 128 cm³/mol. The van der Waals surface area contributed by atoms with Crippen LogP contribution < -0.4 is 15.5 Å². The Labute approximate surface area is 195 Å². The van der Waals surface area contributed by atoms with E-state index in [-0.39, 0.29) is 31.3 Å². The van der Waals surface area contributed by atoms with Crippen LogP contribution in [0.5, 0.6) is 0 Å². The van der Waals surface area contributed by atoms with Crippen molar-refractivity contribution in [2.75, 3.05) is 24.5 Å². The van der Waals surface area contributed by atoms with Crippen LogP contribution in [0.4, 0.5) is 23.7 Å². The fourth-order valence-corrected chi connectivity index (χ4v) is 5.13. The van der Waals surface area contributed by atoms with Crippen molar-refractivity contribution in [3.05, 3.63) is 36.0 Å². The molecule has 1 aromatic heterocycles. The molecule has 1 aromatic carbocycles. The van der Waals surface area contributed by atoms with E-state index in [4.69, 9.17) is 0 Å². The molecule has 2 aromatic rings. The van der Waals surface area contributed by atoms with Gasteiger partial charge in [0.05, 0.1) is 11.1 Å². The number of carbonyl (C=O) groups excluding carboxylic acids is 1. The molecule has 0 bridgehead atoms. The summed E-state index contributed by atoms with van der Waals surface area (Å²) < 4.78 is 40.9. The number of urea groups is 1. The molecule has 1 saturated heterocycles. The van der Waals surface area contributed by atoms with Gasteiger partial charge in [-0.15, -0.1) is 0 Å². The Balaban J connectivity index is 1.50. The number of fused-ring (bicyclic) bond motifs is 1. The number of halogens is 3. The van der Waals surface area contributed by atoms with Gasteiger partial charge in [-0.25, -0.2) is 18.0 Å². The van der Waals surface area contributed by atoms with E-state index >= 15 is 0 Å². The van der Waals surface area contributed by atoms with Gasteiger partial charge < -0.3 is 15.5 Å². The third-order valence-electron chi connectivity index (χ3n) is 6.35. The van der Waals surface area contributed by atoms with Gasteiger partial charge in [-0.1, -0.05) is 18.5 Å². The average molecular weight is 495 g/mol. The topological polar surface area (TPSA) is 81.0 Å². The van der Waals surface area contributed by atoms with E-state index in [1.165, 1.54) is 0 Å². The highest BCUT2D eigenvalue weighted by Crippen LogP contribution is 2.43. The third kappa shape index (κ3) is 5.50. The van der Waals surface area contributed by atoms with E-state index in [9.17, 15) is 23.2 Å². The summed E-state index contributed by atoms with van der Waals surface area (Å²) in [6.45, 7) is 1.04. The maximum atomic E-state index is 14.9. The van der Waals surface area contributed by atoms with Crippen LogP contribution in [-0.4, -0.2) is 47.8 Å². The van der Waals surface area contributed by atoms with Crippen LogP contribution in [0.1, 0.15) is 24.8 Å². The molecule has 2 amide bonds. The van der Waals surface area contributed by atoms with Gasteiger partial charge in [0.1, 0.15) is 11.2 Å². The van der Waals surface area contributed by atoms with Crippen LogP contribution in [0.3, 0.4) is 0 Å². The van der Waals surface area contributed by atoms with Crippen molar-refractivity contribution in [2.45, 2.75) is 36.4 Å². The largest absolute Gasteiger partial charge is 0.368 e. The smallest absolute Gasteiger partial charge is 0.315 e. The predicted octanol–water partition coefficient (Wildman–Crippen LogP) is 4.02. The second-order valence-electron chi connectivity index (χ2n) is 8.99. The Morgan fingerprint density at radius 3 is 2.73 bits per heavy atom. The van der Waals surface area contributed by atoms with Crippen molar-refractivity contribution in [1.82, 2.24) is 15.6 Å². The molecule has 4 atom stereocenters. The van der Waals surface area contributed by atoms with Crippen LogP contribution in [0.2, 0.25) is 0 Å².